The van der Waals surface area contributed by atoms with Gasteiger partial charge < -0.3 is 10.1 Å². The number of halogens is 1. The molecule has 26 heavy (non-hydrogen) atoms. The summed E-state index contributed by atoms with van der Waals surface area (Å²) in [7, 11) is 0. The molecule has 0 spiro atoms. The Kier molecular flexibility index (Phi) is 10.6. The highest BCUT2D eigenvalue weighted by molar-refractivity contribution is 5.96. The highest BCUT2D eigenvalue weighted by atomic mass is 19.1. The second-order valence-corrected chi connectivity index (χ2v) is 7.10. The maximum absolute atomic E-state index is 13.3. The van der Waals surface area contributed by atoms with E-state index in [1.807, 2.05) is 13.8 Å². The smallest absolute Gasteiger partial charge is 0.328 e. The minimum absolute atomic E-state index is 0.197. The molecular formula is C21H32FNO3. The molecule has 0 saturated heterocycles. The van der Waals surface area contributed by atoms with E-state index in [4.69, 9.17) is 4.74 Å². The van der Waals surface area contributed by atoms with Crippen LogP contribution in [0.25, 0.3) is 0 Å². The average Bonchev–Trinajstić information content (AvgIpc) is 2.59. The molecule has 0 heterocycles. The molecule has 0 aliphatic rings. The summed E-state index contributed by atoms with van der Waals surface area (Å²) in [5, 5.41) is 2.68. The van der Waals surface area contributed by atoms with Crippen LogP contribution in [0.4, 0.5) is 4.39 Å². The quantitative estimate of drug-likeness (QED) is 0.424. The summed E-state index contributed by atoms with van der Waals surface area (Å²) in [5.74, 6) is -1.15. The molecule has 0 aliphatic carbocycles. The van der Waals surface area contributed by atoms with E-state index in [0.29, 0.717) is 13.0 Å². The van der Waals surface area contributed by atoms with Crippen LogP contribution in [-0.2, 0) is 9.53 Å². The van der Waals surface area contributed by atoms with Crippen LogP contribution in [0.15, 0.2) is 24.3 Å². The molecule has 0 radical (unpaired) electrons. The summed E-state index contributed by atoms with van der Waals surface area (Å²) < 4.78 is 18.6. The summed E-state index contributed by atoms with van der Waals surface area (Å²) >= 11 is 0. The number of benzene rings is 1. The third-order valence-electron chi connectivity index (χ3n) is 4.13. The average molecular weight is 365 g/mol. The zero-order valence-electron chi connectivity index (χ0n) is 16.2. The van der Waals surface area contributed by atoms with Gasteiger partial charge in [0.25, 0.3) is 5.91 Å². The molecule has 5 heteroatoms. The predicted molar refractivity (Wildman–Crippen MR) is 101 cm³/mol. The summed E-state index contributed by atoms with van der Waals surface area (Å²) in [5.41, 5.74) is 0.197. The first-order valence-corrected chi connectivity index (χ1v) is 9.67. The number of carbonyl (C=O) groups is 2. The molecule has 1 rings (SSSR count). The van der Waals surface area contributed by atoms with E-state index in [1.54, 1.807) is 0 Å². The fourth-order valence-electron chi connectivity index (χ4n) is 2.71. The number of carbonyl (C=O) groups excluding carboxylic acids is 2. The van der Waals surface area contributed by atoms with Gasteiger partial charge in [-0.05, 0) is 37.0 Å². The van der Waals surface area contributed by atoms with Crippen molar-refractivity contribution in [2.24, 2.45) is 5.92 Å². The molecule has 0 fully saturated rings. The third kappa shape index (κ3) is 8.97. The first-order chi connectivity index (χ1) is 12.4. The van der Waals surface area contributed by atoms with E-state index in [9.17, 15) is 14.0 Å². The molecule has 1 aromatic rings. The van der Waals surface area contributed by atoms with Crippen LogP contribution in [0.5, 0.6) is 0 Å². The van der Waals surface area contributed by atoms with E-state index in [1.165, 1.54) is 37.5 Å². The number of rotatable bonds is 12. The molecule has 0 aliphatic heterocycles. The van der Waals surface area contributed by atoms with Crippen LogP contribution in [0.1, 0.15) is 76.1 Å². The topological polar surface area (TPSA) is 55.4 Å². The van der Waals surface area contributed by atoms with Crippen LogP contribution >= 0.6 is 0 Å². The number of hydrogen-bond acceptors (Lipinski definition) is 3. The monoisotopic (exact) mass is 365 g/mol. The minimum Gasteiger partial charge on any atom is -0.464 e. The van der Waals surface area contributed by atoms with Crippen molar-refractivity contribution in [1.29, 1.82) is 0 Å². The van der Waals surface area contributed by atoms with E-state index < -0.39 is 23.7 Å². The van der Waals surface area contributed by atoms with Crippen molar-refractivity contribution in [2.45, 2.75) is 71.8 Å². The van der Waals surface area contributed by atoms with E-state index in [0.717, 1.165) is 25.3 Å². The standard InChI is InChI=1S/C21H32FNO3/c1-4-5-6-7-8-9-13-26-21(25)19(14-16(2)3)23-20(24)17-11-10-12-18(22)15-17/h10-12,15-16,19H,4-9,13-14H2,1-3H3,(H,23,24). The Morgan fingerprint density at radius 1 is 1.12 bits per heavy atom. The van der Waals surface area contributed by atoms with Gasteiger partial charge in [-0.15, -0.1) is 0 Å². The minimum atomic E-state index is -0.717. The van der Waals surface area contributed by atoms with Gasteiger partial charge in [0, 0.05) is 5.56 Å². The molecule has 1 aromatic carbocycles. The second kappa shape index (κ2) is 12.4. The van der Waals surface area contributed by atoms with Gasteiger partial charge in [0.2, 0.25) is 0 Å². The van der Waals surface area contributed by atoms with Gasteiger partial charge >= 0.3 is 5.97 Å². The van der Waals surface area contributed by atoms with Crippen molar-refractivity contribution in [3.05, 3.63) is 35.6 Å². The van der Waals surface area contributed by atoms with Crippen molar-refractivity contribution in [3.8, 4) is 0 Å². The van der Waals surface area contributed by atoms with Crippen molar-refractivity contribution < 1.29 is 18.7 Å². The molecule has 0 bridgehead atoms. The van der Waals surface area contributed by atoms with Crippen molar-refractivity contribution >= 4 is 11.9 Å². The number of nitrogens with one attached hydrogen (secondary N) is 1. The Labute approximate surface area is 156 Å². The van der Waals surface area contributed by atoms with E-state index >= 15 is 0 Å². The molecular weight excluding hydrogens is 333 g/mol. The molecule has 1 unspecified atom stereocenters. The van der Waals surface area contributed by atoms with E-state index in [-0.39, 0.29) is 11.5 Å². The lowest BCUT2D eigenvalue weighted by Gasteiger charge is -2.19. The number of esters is 1. The fourth-order valence-corrected chi connectivity index (χ4v) is 2.71. The maximum Gasteiger partial charge on any atom is 0.328 e. The zero-order valence-corrected chi connectivity index (χ0v) is 16.2. The first kappa shape index (κ1) is 22.1. The Morgan fingerprint density at radius 2 is 1.81 bits per heavy atom. The van der Waals surface area contributed by atoms with E-state index in [2.05, 4.69) is 12.2 Å². The lowest BCUT2D eigenvalue weighted by Crippen LogP contribution is -2.42. The van der Waals surface area contributed by atoms with Gasteiger partial charge in [0.05, 0.1) is 6.61 Å². The number of hydrogen-bond donors (Lipinski definition) is 1. The van der Waals surface area contributed by atoms with Gasteiger partial charge in [0.1, 0.15) is 11.9 Å². The largest absolute Gasteiger partial charge is 0.464 e. The van der Waals surface area contributed by atoms with Gasteiger partial charge in [0.15, 0.2) is 0 Å². The van der Waals surface area contributed by atoms with Gasteiger partial charge in [-0.1, -0.05) is 58.9 Å². The molecule has 1 atom stereocenters. The number of amides is 1. The zero-order chi connectivity index (χ0) is 19.4. The molecule has 1 amide bonds. The number of ether oxygens (including phenoxy) is 1. The maximum atomic E-state index is 13.3. The lowest BCUT2D eigenvalue weighted by molar-refractivity contribution is -0.146. The number of unbranched alkanes of at least 4 members (excludes halogenated alkanes) is 5. The first-order valence-electron chi connectivity index (χ1n) is 9.67. The van der Waals surface area contributed by atoms with Crippen molar-refractivity contribution in [3.63, 3.8) is 0 Å². The lowest BCUT2D eigenvalue weighted by atomic mass is 10.0. The highest BCUT2D eigenvalue weighted by Gasteiger charge is 2.24. The SMILES string of the molecule is CCCCCCCCOC(=O)C(CC(C)C)NC(=O)c1cccc(F)c1. The molecule has 146 valence electrons. The molecule has 4 nitrogen and oxygen atoms in total. The van der Waals surface area contributed by atoms with Gasteiger partial charge in [-0.2, -0.15) is 0 Å². The Balaban J connectivity index is 2.49. The molecule has 1 N–H and O–H groups in total. The highest BCUT2D eigenvalue weighted by Crippen LogP contribution is 2.10. The Hall–Kier alpha value is -1.91. The Bertz CT molecular complexity index is 560. The third-order valence-corrected chi connectivity index (χ3v) is 4.13. The summed E-state index contributed by atoms with van der Waals surface area (Å²) in [6.07, 6.45) is 7.16. The predicted octanol–water partition coefficient (Wildman–Crippen LogP) is 4.87. The van der Waals surface area contributed by atoms with Crippen LogP contribution in [0.3, 0.4) is 0 Å². The van der Waals surface area contributed by atoms with Gasteiger partial charge in [-0.25, -0.2) is 9.18 Å². The summed E-state index contributed by atoms with van der Waals surface area (Å²) in [4.78, 5) is 24.6. The summed E-state index contributed by atoms with van der Waals surface area (Å²) in [6.45, 7) is 6.49. The summed E-state index contributed by atoms with van der Waals surface area (Å²) in [6, 6.07) is 4.71. The van der Waals surface area contributed by atoms with Crippen LogP contribution < -0.4 is 5.32 Å². The second-order valence-electron chi connectivity index (χ2n) is 7.10. The van der Waals surface area contributed by atoms with Crippen molar-refractivity contribution in [2.75, 3.05) is 6.61 Å². The molecule has 0 saturated carbocycles. The van der Waals surface area contributed by atoms with Crippen LogP contribution in [0.2, 0.25) is 0 Å². The van der Waals surface area contributed by atoms with Gasteiger partial charge in [-0.3, -0.25) is 4.79 Å². The Morgan fingerprint density at radius 3 is 2.46 bits per heavy atom. The molecule has 0 aromatic heterocycles. The fraction of sp³-hybridized carbons (Fsp3) is 0.619. The van der Waals surface area contributed by atoms with Crippen molar-refractivity contribution in [1.82, 2.24) is 5.32 Å². The van der Waals surface area contributed by atoms with Crippen LogP contribution in [-0.4, -0.2) is 24.5 Å². The normalized spacial score (nSPS) is 12.0. The van der Waals surface area contributed by atoms with Crippen LogP contribution in [0, 0.1) is 11.7 Å².